The lowest BCUT2D eigenvalue weighted by molar-refractivity contribution is -0.384. The molecule has 28 heavy (non-hydrogen) atoms. The zero-order chi connectivity index (χ0) is 19.3. The molecule has 0 saturated carbocycles. The summed E-state index contributed by atoms with van der Waals surface area (Å²) >= 11 is 0. The number of rotatable bonds is 2. The van der Waals surface area contributed by atoms with Crippen LogP contribution in [0, 0.1) is 10.1 Å². The van der Waals surface area contributed by atoms with E-state index >= 15 is 0 Å². The molecule has 0 unspecified atom stereocenters. The van der Waals surface area contributed by atoms with Crippen molar-refractivity contribution >= 4 is 23.1 Å². The number of aliphatic imine (C=N–C) groups is 1. The van der Waals surface area contributed by atoms with E-state index in [0.29, 0.717) is 16.7 Å². The van der Waals surface area contributed by atoms with Crippen LogP contribution in [-0.4, -0.2) is 16.8 Å². The van der Waals surface area contributed by atoms with Gasteiger partial charge in [-0.1, -0.05) is 42.5 Å². The van der Waals surface area contributed by atoms with Crippen LogP contribution in [0.15, 0.2) is 83.5 Å². The number of nitro groups is 1. The molecule has 0 bridgehead atoms. The molecule has 2 aliphatic rings. The number of esters is 1. The number of carbonyl (C=O) groups is 1. The number of nitrogens with zero attached hydrogens (tertiary/aromatic N) is 2. The van der Waals surface area contributed by atoms with E-state index in [4.69, 9.17) is 4.74 Å². The second-order valence-corrected chi connectivity index (χ2v) is 6.43. The van der Waals surface area contributed by atoms with E-state index < -0.39 is 10.9 Å². The van der Waals surface area contributed by atoms with Gasteiger partial charge in [0.1, 0.15) is 0 Å². The standard InChI is InChI=1S/C22H12N2O4/c25-22-20(23-21(28-22)13-6-2-1-3-7-13)19-17-9-5-4-8-15(17)16-11-10-14(24(26)27)12-18(16)19/h1-12H/b20-19+. The largest absolute Gasteiger partial charge is 0.402 e. The Morgan fingerprint density at radius 3 is 2.25 bits per heavy atom. The number of carbonyl (C=O) groups excluding carboxylic acids is 1. The normalized spacial score (nSPS) is 17.0. The van der Waals surface area contributed by atoms with E-state index in [1.807, 2.05) is 42.5 Å². The van der Waals surface area contributed by atoms with Gasteiger partial charge < -0.3 is 4.74 Å². The summed E-state index contributed by atoms with van der Waals surface area (Å²) in [5.41, 5.74) is 4.53. The second kappa shape index (κ2) is 5.99. The van der Waals surface area contributed by atoms with Crippen LogP contribution in [-0.2, 0) is 9.53 Å². The molecule has 0 atom stereocenters. The van der Waals surface area contributed by atoms with Gasteiger partial charge in [-0.15, -0.1) is 0 Å². The molecule has 0 fully saturated rings. The van der Waals surface area contributed by atoms with Gasteiger partial charge in [0, 0.05) is 23.3 Å². The average molecular weight is 368 g/mol. The van der Waals surface area contributed by atoms with Gasteiger partial charge in [-0.2, -0.15) is 0 Å². The molecule has 0 spiro atoms. The molecule has 0 aromatic heterocycles. The van der Waals surface area contributed by atoms with Crippen LogP contribution in [0.1, 0.15) is 16.7 Å². The number of cyclic esters (lactones) is 1. The van der Waals surface area contributed by atoms with Crippen LogP contribution in [0.5, 0.6) is 0 Å². The summed E-state index contributed by atoms with van der Waals surface area (Å²) in [5.74, 6) is -0.340. The Kier molecular flexibility index (Phi) is 3.45. The maximum atomic E-state index is 12.7. The molecule has 0 radical (unpaired) electrons. The molecule has 6 nitrogen and oxygen atoms in total. The predicted molar refractivity (Wildman–Crippen MR) is 104 cm³/mol. The third-order valence-corrected chi connectivity index (χ3v) is 4.82. The lowest BCUT2D eigenvalue weighted by Gasteiger charge is -2.03. The van der Waals surface area contributed by atoms with Crippen LogP contribution in [0.4, 0.5) is 5.69 Å². The summed E-state index contributed by atoms with van der Waals surface area (Å²) in [4.78, 5) is 27.9. The molecule has 134 valence electrons. The molecule has 1 aliphatic heterocycles. The minimum absolute atomic E-state index is 0.0386. The molecule has 0 N–H and O–H groups in total. The Hall–Kier alpha value is -4.06. The monoisotopic (exact) mass is 368 g/mol. The van der Waals surface area contributed by atoms with E-state index in [1.54, 1.807) is 18.2 Å². The van der Waals surface area contributed by atoms with Crippen LogP contribution in [0.2, 0.25) is 0 Å². The first kappa shape index (κ1) is 16.1. The molecule has 0 saturated heterocycles. The van der Waals surface area contributed by atoms with Gasteiger partial charge in [-0.05, 0) is 40.5 Å². The lowest BCUT2D eigenvalue weighted by atomic mass is 10.0. The summed E-state index contributed by atoms with van der Waals surface area (Å²) in [6, 6.07) is 21.4. The first-order valence-electron chi connectivity index (χ1n) is 8.62. The SMILES string of the molecule is O=C1OC(c2ccccc2)=N/C1=C1\c2ccccc2-c2ccc([N+](=O)[O-])cc21. The Bertz CT molecular complexity index is 1230. The van der Waals surface area contributed by atoms with E-state index in [9.17, 15) is 14.9 Å². The van der Waals surface area contributed by atoms with Crippen molar-refractivity contribution in [3.63, 3.8) is 0 Å². The highest BCUT2D eigenvalue weighted by Crippen LogP contribution is 2.47. The van der Waals surface area contributed by atoms with E-state index in [2.05, 4.69) is 4.99 Å². The van der Waals surface area contributed by atoms with Gasteiger partial charge in [0.25, 0.3) is 5.69 Å². The topological polar surface area (TPSA) is 81.8 Å². The quantitative estimate of drug-likeness (QED) is 0.228. The van der Waals surface area contributed by atoms with Crippen LogP contribution < -0.4 is 0 Å². The summed E-state index contributed by atoms with van der Waals surface area (Å²) in [7, 11) is 0. The Labute approximate surface area is 159 Å². The van der Waals surface area contributed by atoms with Gasteiger partial charge in [0.15, 0.2) is 5.70 Å². The molecule has 3 aromatic rings. The summed E-state index contributed by atoms with van der Waals surface area (Å²) in [6.45, 7) is 0. The second-order valence-electron chi connectivity index (χ2n) is 6.43. The highest BCUT2D eigenvalue weighted by Gasteiger charge is 2.34. The fraction of sp³-hybridized carbons (Fsp3) is 0. The Balaban J connectivity index is 1.78. The Morgan fingerprint density at radius 1 is 0.821 bits per heavy atom. The zero-order valence-electron chi connectivity index (χ0n) is 14.5. The van der Waals surface area contributed by atoms with Crippen molar-refractivity contribution in [3.8, 4) is 11.1 Å². The highest BCUT2D eigenvalue weighted by atomic mass is 16.6. The van der Waals surface area contributed by atoms with Crippen molar-refractivity contribution < 1.29 is 14.5 Å². The van der Waals surface area contributed by atoms with Crippen LogP contribution >= 0.6 is 0 Å². The minimum atomic E-state index is -0.567. The van der Waals surface area contributed by atoms with E-state index in [0.717, 1.165) is 16.7 Å². The fourth-order valence-electron chi connectivity index (χ4n) is 3.59. The maximum Gasteiger partial charge on any atom is 0.364 e. The van der Waals surface area contributed by atoms with E-state index in [1.165, 1.54) is 12.1 Å². The molecular formula is C22H12N2O4. The third kappa shape index (κ3) is 2.35. The van der Waals surface area contributed by atoms with E-state index in [-0.39, 0.29) is 17.3 Å². The number of hydrogen-bond donors (Lipinski definition) is 0. The molecule has 5 rings (SSSR count). The van der Waals surface area contributed by atoms with Gasteiger partial charge in [0.2, 0.25) is 5.90 Å². The predicted octanol–water partition coefficient (Wildman–Crippen LogP) is 4.34. The number of nitro benzene ring substituents is 1. The van der Waals surface area contributed by atoms with Gasteiger partial charge in [0.05, 0.1) is 4.92 Å². The molecular weight excluding hydrogens is 356 g/mol. The zero-order valence-corrected chi connectivity index (χ0v) is 14.5. The molecule has 6 heteroatoms. The van der Waals surface area contributed by atoms with Crippen molar-refractivity contribution in [3.05, 3.63) is 105 Å². The molecule has 1 heterocycles. The summed E-state index contributed by atoms with van der Waals surface area (Å²) < 4.78 is 5.40. The smallest absolute Gasteiger partial charge is 0.364 e. The van der Waals surface area contributed by atoms with Gasteiger partial charge >= 0.3 is 5.97 Å². The number of ether oxygens (including phenoxy) is 1. The first-order chi connectivity index (χ1) is 13.6. The Morgan fingerprint density at radius 2 is 1.50 bits per heavy atom. The highest BCUT2D eigenvalue weighted by molar-refractivity contribution is 6.18. The summed E-state index contributed by atoms with van der Waals surface area (Å²) in [6.07, 6.45) is 0. The van der Waals surface area contributed by atoms with Crippen LogP contribution in [0.25, 0.3) is 16.7 Å². The van der Waals surface area contributed by atoms with Crippen molar-refractivity contribution in [2.75, 3.05) is 0 Å². The van der Waals surface area contributed by atoms with Crippen molar-refractivity contribution in [2.45, 2.75) is 0 Å². The molecule has 1 aliphatic carbocycles. The van der Waals surface area contributed by atoms with Crippen molar-refractivity contribution in [1.29, 1.82) is 0 Å². The van der Waals surface area contributed by atoms with Gasteiger partial charge in [-0.3, -0.25) is 10.1 Å². The maximum absolute atomic E-state index is 12.7. The minimum Gasteiger partial charge on any atom is -0.402 e. The number of non-ortho nitro benzene ring substituents is 1. The first-order valence-corrected chi connectivity index (χ1v) is 8.62. The number of benzene rings is 3. The van der Waals surface area contributed by atoms with Crippen molar-refractivity contribution in [1.82, 2.24) is 0 Å². The number of fused-ring (bicyclic) bond motifs is 3. The third-order valence-electron chi connectivity index (χ3n) is 4.82. The lowest BCUT2D eigenvalue weighted by Crippen LogP contribution is -2.05. The molecule has 3 aromatic carbocycles. The van der Waals surface area contributed by atoms with Gasteiger partial charge in [-0.25, -0.2) is 9.79 Å². The van der Waals surface area contributed by atoms with Crippen LogP contribution in [0.3, 0.4) is 0 Å². The fourth-order valence-corrected chi connectivity index (χ4v) is 3.59. The average Bonchev–Trinajstić information content (AvgIpc) is 3.25. The van der Waals surface area contributed by atoms with Crippen molar-refractivity contribution in [2.24, 2.45) is 4.99 Å². The molecule has 0 amide bonds. The summed E-state index contributed by atoms with van der Waals surface area (Å²) in [5, 5.41) is 11.3. The number of hydrogen-bond acceptors (Lipinski definition) is 5.